The molecule has 3 aromatic rings. The Labute approximate surface area is 145 Å². The van der Waals surface area contributed by atoms with Gasteiger partial charge in [0.25, 0.3) is 0 Å². The fraction of sp³-hybridized carbons (Fsp3) is 0.263. The summed E-state index contributed by atoms with van der Waals surface area (Å²) in [4.78, 5) is 19.1. The first-order valence-electron chi connectivity index (χ1n) is 8.27. The van der Waals surface area contributed by atoms with Gasteiger partial charge in [-0.15, -0.1) is 0 Å². The Kier molecular flexibility index (Phi) is 4.17. The molecule has 0 saturated carbocycles. The van der Waals surface area contributed by atoms with Crippen LogP contribution in [-0.2, 0) is 6.42 Å². The number of para-hydroxylation sites is 1. The number of nitrogens with one attached hydrogen (secondary N) is 1. The van der Waals surface area contributed by atoms with Gasteiger partial charge >= 0.3 is 6.03 Å². The molecule has 1 fully saturated rings. The molecule has 0 radical (unpaired) electrons. The highest BCUT2D eigenvalue weighted by atomic mass is 32.1. The largest absolute Gasteiger partial charge is 0.323 e. The molecular formula is C19H19N3OS. The fourth-order valence-electron chi connectivity index (χ4n) is 3.29. The van der Waals surface area contributed by atoms with Crippen molar-refractivity contribution in [1.82, 2.24) is 9.88 Å². The van der Waals surface area contributed by atoms with Crippen molar-refractivity contribution in [2.45, 2.75) is 25.3 Å². The van der Waals surface area contributed by atoms with Crippen LogP contribution in [0.4, 0.5) is 9.93 Å². The molecule has 2 heterocycles. The van der Waals surface area contributed by atoms with Crippen LogP contribution >= 0.6 is 11.3 Å². The Balaban J connectivity index is 1.46. The molecule has 0 bridgehead atoms. The number of carbonyl (C=O) groups excluding carboxylic acids is 1. The van der Waals surface area contributed by atoms with E-state index >= 15 is 0 Å². The van der Waals surface area contributed by atoms with Crippen LogP contribution in [0.5, 0.6) is 0 Å². The van der Waals surface area contributed by atoms with E-state index in [4.69, 9.17) is 0 Å². The van der Waals surface area contributed by atoms with Gasteiger partial charge in [-0.3, -0.25) is 5.32 Å². The second kappa shape index (κ2) is 6.61. The Hall–Kier alpha value is -2.40. The molecule has 0 aliphatic carbocycles. The van der Waals surface area contributed by atoms with Crippen molar-refractivity contribution >= 4 is 32.7 Å². The Morgan fingerprint density at radius 2 is 1.96 bits per heavy atom. The third-order valence-electron chi connectivity index (χ3n) is 4.46. The Bertz CT molecular complexity index is 813. The number of aromatic nitrogens is 1. The van der Waals surface area contributed by atoms with Crippen LogP contribution in [0.25, 0.3) is 10.2 Å². The maximum atomic E-state index is 12.7. The van der Waals surface area contributed by atoms with Gasteiger partial charge in [0, 0.05) is 12.6 Å². The number of thiazole rings is 1. The second-order valence-corrected chi connectivity index (χ2v) is 7.13. The number of carbonyl (C=O) groups is 1. The van der Waals surface area contributed by atoms with Crippen LogP contribution in [0.15, 0.2) is 54.6 Å². The minimum Gasteiger partial charge on any atom is -0.321 e. The molecule has 1 atom stereocenters. The monoisotopic (exact) mass is 337 g/mol. The highest BCUT2D eigenvalue weighted by Crippen LogP contribution is 2.27. The average Bonchev–Trinajstić information content (AvgIpc) is 3.21. The van der Waals surface area contributed by atoms with Crippen molar-refractivity contribution < 1.29 is 4.79 Å². The lowest BCUT2D eigenvalue weighted by molar-refractivity contribution is 0.206. The van der Waals surface area contributed by atoms with E-state index in [0.29, 0.717) is 5.13 Å². The van der Waals surface area contributed by atoms with Crippen molar-refractivity contribution in [3.8, 4) is 0 Å². The molecule has 0 spiro atoms. The second-order valence-electron chi connectivity index (χ2n) is 6.10. The van der Waals surface area contributed by atoms with Gasteiger partial charge in [0.2, 0.25) is 0 Å². The standard InChI is InChI=1S/C19H19N3OS/c23-19(21-18-20-16-10-4-5-11-17(16)24-18)22-12-6-9-15(22)13-14-7-2-1-3-8-14/h1-5,7-8,10-11,15H,6,9,12-13H2,(H,20,21,23). The number of urea groups is 1. The number of hydrogen-bond acceptors (Lipinski definition) is 3. The summed E-state index contributed by atoms with van der Waals surface area (Å²) in [6.45, 7) is 0.814. The van der Waals surface area contributed by atoms with E-state index in [0.717, 1.165) is 36.0 Å². The third-order valence-corrected chi connectivity index (χ3v) is 5.41. The zero-order chi connectivity index (χ0) is 16.4. The minimum atomic E-state index is -0.0347. The molecule has 2 aromatic carbocycles. The van der Waals surface area contributed by atoms with E-state index in [-0.39, 0.29) is 12.1 Å². The van der Waals surface area contributed by atoms with E-state index in [2.05, 4.69) is 34.6 Å². The van der Waals surface area contributed by atoms with Crippen molar-refractivity contribution in [3.05, 3.63) is 60.2 Å². The van der Waals surface area contributed by atoms with Crippen LogP contribution in [0.1, 0.15) is 18.4 Å². The summed E-state index contributed by atoms with van der Waals surface area (Å²) >= 11 is 1.52. The molecule has 1 unspecified atom stereocenters. The van der Waals surface area contributed by atoms with Gasteiger partial charge in [-0.05, 0) is 37.0 Å². The van der Waals surface area contributed by atoms with Crippen LogP contribution < -0.4 is 5.32 Å². The van der Waals surface area contributed by atoms with Crippen molar-refractivity contribution in [2.75, 3.05) is 11.9 Å². The molecular weight excluding hydrogens is 318 g/mol. The van der Waals surface area contributed by atoms with E-state index in [1.165, 1.54) is 16.9 Å². The molecule has 1 N–H and O–H groups in total. The van der Waals surface area contributed by atoms with Gasteiger partial charge in [-0.2, -0.15) is 0 Å². The summed E-state index contributed by atoms with van der Waals surface area (Å²) in [5.41, 5.74) is 2.21. The highest BCUT2D eigenvalue weighted by Gasteiger charge is 2.29. The van der Waals surface area contributed by atoms with Crippen LogP contribution in [0.3, 0.4) is 0 Å². The van der Waals surface area contributed by atoms with Gasteiger partial charge < -0.3 is 4.90 Å². The maximum Gasteiger partial charge on any atom is 0.323 e. The van der Waals surface area contributed by atoms with Crippen LogP contribution in [0, 0.1) is 0 Å². The molecule has 1 aliphatic rings. The molecule has 24 heavy (non-hydrogen) atoms. The van der Waals surface area contributed by atoms with Crippen molar-refractivity contribution in [2.24, 2.45) is 0 Å². The lowest BCUT2D eigenvalue weighted by atomic mass is 10.0. The normalized spacial score (nSPS) is 17.3. The number of anilines is 1. The van der Waals surface area contributed by atoms with E-state index in [1.807, 2.05) is 35.2 Å². The van der Waals surface area contributed by atoms with E-state index in [1.54, 1.807) is 0 Å². The van der Waals surface area contributed by atoms with Gasteiger partial charge in [-0.1, -0.05) is 53.8 Å². The van der Waals surface area contributed by atoms with E-state index < -0.39 is 0 Å². The zero-order valence-corrected chi connectivity index (χ0v) is 14.1. The number of rotatable bonds is 3. The molecule has 4 nitrogen and oxygen atoms in total. The van der Waals surface area contributed by atoms with Crippen LogP contribution in [-0.4, -0.2) is 28.5 Å². The molecule has 2 amide bonds. The predicted octanol–water partition coefficient (Wildman–Crippen LogP) is 4.54. The summed E-state index contributed by atoms with van der Waals surface area (Å²) in [6.07, 6.45) is 3.03. The average molecular weight is 337 g/mol. The number of hydrogen-bond donors (Lipinski definition) is 1. The van der Waals surface area contributed by atoms with Crippen LogP contribution in [0.2, 0.25) is 0 Å². The number of nitrogens with zero attached hydrogens (tertiary/aromatic N) is 2. The molecule has 1 aliphatic heterocycles. The quantitative estimate of drug-likeness (QED) is 0.763. The summed E-state index contributed by atoms with van der Waals surface area (Å²) < 4.78 is 1.09. The molecule has 1 aromatic heterocycles. The first-order chi connectivity index (χ1) is 11.8. The smallest absolute Gasteiger partial charge is 0.321 e. The maximum absolute atomic E-state index is 12.7. The lowest BCUT2D eigenvalue weighted by Crippen LogP contribution is -2.39. The first-order valence-corrected chi connectivity index (χ1v) is 9.08. The minimum absolute atomic E-state index is 0.0347. The predicted molar refractivity (Wildman–Crippen MR) is 98.5 cm³/mol. The van der Waals surface area contributed by atoms with Crippen molar-refractivity contribution in [1.29, 1.82) is 0 Å². The third kappa shape index (κ3) is 3.12. The van der Waals surface area contributed by atoms with Crippen molar-refractivity contribution in [3.63, 3.8) is 0 Å². The molecule has 4 rings (SSSR count). The SMILES string of the molecule is O=C(Nc1nc2ccccc2s1)N1CCCC1Cc1ccccc1. The first kappa shape index (κ1) is 15.1. The molecule has 1 saturated heterocycles. The summed E-state index contributed by atoms with van der Waals surface area (Å²) in [5.74, 6) is 0. The molecule has 5 heteroatoms. The number of fused-ring (bicyclic) bond motifs is 1. The highest BCUT2D eigenvalue weighted by molar-refractivity contribution is 7.22. The van der Waals surface area contributed by atoms with Gasteiger partial charge in [0.1, 0.15) is 0 Å². The lowest BCUT2D eigenvalue weighted by Gasteiger charge is -2.24. The molecule has 122 valence electrons. The number of benzene rings is 2. The van der Waals surface area contributed by atoms with Gasteiger partial charge in [0.05, 0.1) is 10.2 Å². The topological polar surface area (TPSA) is 45.2 Å². The van der Waals surface area contributed by atoms with Gasteiger partial charge in [-0.25, -0.2) is 9.78 Å². The van der Waals surface area contributed by atoms with E-state index in [9.17, 15) is 4.79 Å². The fourth-order valence-corrected chi connectivity index (χ4v) is 4.15. The summed E-state index contributed by atoms with van der Waals surface area (Å²) in [5, 5.41) is 3.66. The number of amides is 2. The summed E-state index contributed by atoms with van der Waals surface area (Å²) in [6, 6.07) is 18.6. The Morgan fingerprint density at radius 3 is 2.79 bits per heavy atom. The zero-order valence-electron chi connectivity index (χ0n) is 13.3. The summed E-state index contributed by atoms with van der Waals surface area (Å²) in [7, 11) is 0. The Morgan fingerprint density at radius 1 is 1.17 bits per heavy atom. The number of likely N-dealkylation sites (tertiary alicyclic amines) is 1. The van der Waals surface area contributed by atoms with Gasteiger partial charge in [0.15, 0.2) is 5.13 Å².